The van der Waals surface area contributed by atoms with Crippen molar-refractivity contribution >= 4 is 36.6 Å². The molecule has 2 unspecified atom stereocenters. The van der Waals surface area contributed by atoms with Crippen molar-refractivity contribution in [2.24, 2.45) is 0 Å². The third-order valence-electron chi connectivity index (χ3n) is 7.14. The molecule has 216 valence electrons. The zero-order valence-corrected chi connectivity index (χ0v) is 27.3. The molecule has 2 aliphatic rings. The Morgan fingerprint density at radius 3 is 1.24 bits per heavy atom. The van der Waals surface area contributed by atoms with E-state index < -0.39 is 41.5 Å². The summed E-state index contributed by atoms with van der Waals surface area (Å²) in [6.07, 6.45) is 9.38. The fourth-order valence-corrected chi connectivity index (χ4v) is 12.4. The van der Waals surface area contributed by atoms with Crippen LogP contribution < -0.4 is 0 Å². The van der Waals surface area contributed by atoms with E-state index in [4.69, 9.17) is 13.3 Å². The number of allylic oxidation sites excluding steroid dienone is 2. The van der Waals surface area contributed by atoms with Crippen LogP contribution in [0.15, 0.2) is 119 Å². The van der Waals surface area contributed by atoms with Gasteiger partial charge in [-0.25, -0.2) is 0 Å². The molecule has 2 N–H and O–H groups in total. The molecular formula is C33H32O6S2Zr. The summed E-state index contributed by atoms with van der Waals surface area (Å²) in [5.41, 5.74) is 6.92. The number of aryl methyl sites for hydroxylation is 2. The van der Waals surface area contributed by atoms with Gasteiger partial charge in [0.25, 0.3) is 20.2 Å². The Labute approximate surface area is 255 Å². The van der Waals surface area contributed by atoms with Crippen LogP contribution in [0.2, 0.25) is 0 Å². The Bertz CT molecular complexity index is 1760. The second-order valence-electron chi connectivity index (χ2n) is 9.99. The zero-order chi connectivity index (χ0) is 30.5. The third-order valence-corrected chi connectivity index (χ3v) is 15.6. The van der Waals surface area contributed by atoms with Crippen LogP contribution in [0.4, 0.5) is 0 Å². The molecule has 0 aromatic heterocycles. The first-order chi connectivity index (χ1) is 19.9. The van der Waals surface area contributed by atoms with Gasteiger partial charge in [0.05, 0.1) is 9.79 Å². The van der Waals surface area contributed by atoms with E-state index in [-0.39, 0.29) is 9.79 Å². The molecule has 2 atom stereocenters. The van der Waals surface area contributed by atoms with Crippen molar-refractivity contribution in [2.75, 3.05) is 0 Å². The molecule has 0 heterocycles. The molecule has 42 heavy (non-hydrogen) atoms. The molecule has 4 aromatic carbocycles. The van der Waals surface area contributed by atoms with Crippen LogP contribution in [0.3, 0.4) is 0 Å². The van der Waals surface area contributed by atoms with Crippen LogP contribution in [-0.4, -0.2) is 30.2 Å². The van der Waals surface area contributed by atoms with Crippen LogP contribution in [-0.2, 0) is 41.5 Å². The molecule has 6 nitrogen and oxygen atoms in total. The molecule has 0 saturated carbocycles. The van der Waals surface area contributed by atoms with Gasteiger partial charge in [0.2, 0.25) is 0 Å². The molecule has 0 fully saturated rings. The van der Waals surface area contributed by atoms with Gasteiger partial charge in [-0.15, -0.1) is 0 Å². The summed E-state index contributed by atoms with van der Waals surface area (Å²) in [5, 5.41) is 0. The fourth-order valence-electron chi connectivity index (χ4n) is 5.03. The third kappa shape index (κ3) is 7.65. The van der Waals surface area contributed by atoms with Crippen molar-refractivity contribution in [3.05, 3.63) is 143 Å². The number of rotatable bonds is 4. The van der Waals surface area contributed by atoms with Crippen molar-refractivity contribution in [3.63, 3.8) is 0 Å². The number of hydrogen-bond donors (Lipinski definition) is 2. The predicted molar refractivity (Wildman–Crippen MR) is 166 cm³/mol. The Balaban J connectivity index is 0.000000158. The topological polar surface area (TPSA) is 109 Å². The minimum absolute atomic E-state index is 0.0278. The Morgan fingerprint density at radius 2 is 0.905 bits per heavy atom. The van der Waals surface area contributed by atoms with Crippen molar-refractivity contribution < 1.29 is 47.2 Å². The average Bonchev–Trinajstić information content (AvgIpc) is 3.58. The normalized spacial score (nSPS) is 16.4. The maximum absolute atomic E-state index is 10.6. The SMILES string of the molecule is Cc1ccccc1S(=O)(=O)O.Cc1ccccc1S(=O)(=O)O.[CH2]=[Zr]([CH]1C=Cc2ccccc21)[CH]1C=Cc2ccccc21. The van der Waals surface area contributed by atoms with Crippen molar-refractivity contribution in [2.45, 2.75) is 30.9 Å². The van der Waals surface area contributed by atoms with Crippen LogP contribution in [0.25, 0.3) is 12.2 Å². The van der Waals surface area contributed by atoms with E-state index in [1.807, 2.05) is 0 Å². The van der Waals surface area contributed by atoms with Crippen LogP contribution in [0, 0.1) is 13.8 Å². The molecule has 0 amide bonds. The number of hydrogen-bond acceptors (Lipinski definition) is 4. The molecule has 0 radical (unpaired) electrons. The summed E-state index contributed by atoms with van der Waals surface area (Å²) in [4.78, 5) is -0.0556. The second-order valence-corrected chi connectivity index (χ2v) is 18.7. The van der Waals surface area contributed by atoms with E-state index in [0.29, 0.717) is 18.4 Å². The van der Waals surface area contributed by atoms with Crippen LogP contribution in [0.1, 0.15) is 40.6 Å². The zero-order valence-electron chi connectivity index (χ0n) is 23.3. The standard InChI is InChI=1S/2C9H7.2C7H8O3S.CH2.Zr/c2*1-2-5-9-7-3-6-8(9)4-1;2*1-6-4-2-3-5-7(6)11(8,9)10;;/h2*1-7H;2*2-5H,1H3,(H,8,9,10);1H2;. The summed E-state index contributed by atoms with van der Waals surface area (Å²) >= 11 is -1.85. The number of fused-ring (bicyclic) bond motifs is 2. The summed E-state index contributed by atoms with van der Waals surface area (Å²) in [5.74, 6) is 0. The summed E-state index contributed by atoms with van der Waals surface area (Å²) in [7, 11) is -8.07. The molecule has 2 aliphatic carbocycles. The van der Waals surface area contributed by atoms with Gasteiger partial charge in [0, 0.05) is 0 Å². The molecule has 6 rings (SSSR count). The molecular weight excluding hydrogens is 648 g/mol. The van der Waals surface area contributed by atoms with E-state index >= 15 is 0 Å². The van der Waals surface area contributed by atoms with Crippen molar-refractivity contribution in [3.8, 4) is 0 Å². The minimum atomic E-state index is -4.03. The second kappa shape index (κ2) is 13.5. The molecule has 0 aliphatic heterocycles. The Morgan fingerprint density at radius 1 is 0.571 bits per heavy atom. The Kier molecular flexibility index (Phi) is 10.2. The first kappa shape index (κ1) is 31.9. The molecule has 0 bridgehead atoms. The van der Waals surface area contributed by atoms with E-state index in [9.17, 15) is 16.8 Å². The van der Waals surface area contributed by atoms with Gasteiger partial charge in [0.15, 0.2) is 0 Å². The number of benzene rings is 4. The van der Waals surface area contributed by atoms with Crippen LogP contribution >= 0.6 is 0 Å². The predicted octanol–water partition coefficient (Wildman–Crippen LogP) is 7.06. The van der Waals surface area contributed by atoms with E-state index in [1.165, 1.54) is 34.4 Å². The molecule has 0 spiro atoms. The van der Waals surface area contributed by atoms with Gasteiger partial charge in [0.1, 0.15) is 0 Å². The maximum atomic E-state index is 10.6. The van der Waals surface area contributed by atoms with E-state index in [1.54, 1.807) is 50.2 Å². The summed E-state index contributed by atoms with van der Waals surface area (Å²) < 4.78 is 65.7. The first-order valence-corrected chi connectivity index (χ1v) is 20.6. The molecule has 4 aromatic rings. The van der Waals surface area contributed by atoms with Crippen molar-refractivity contribution in [1.29, 1.82) is 0 Å². The van der Waals surface area contributed by atoms with Gasteiger partial charge >= 0.3 is 128 Å². The van der Waals surface area contributed by atoms with Gasteiger partial charge < -0.3 is 0 Å². The van der Waals surface area contributed by atoms with Gasteiger partial charge in [-0.05, 0) is 37.1 Å². The first-order valence-electron chi connectivity index (χ1n) is 13.2. The monoisotopic (exact) mass is 678 g/mol. The van der Waals surface area contributed by atoms with Gasteiger partial charge in [-0.3, -0.25) is 9.11 Å². The fraction of sp³-hybridized carbons (Fsp3) is 0.121. The summed E-state index contributed by atoms with van der Waals surface area (Å²) in [6, 6.07) is 30.1. The van der Waals surface area contributed by atoms with Crippen LogP contribution in [0.5, 0.6) is 0 Å². The molecule has 0 saturated heterocycles. The van der Waals surface area contributed by atoms with Crippen molar-refractivity contribution in [1.82, 2.24) is 0 Å². The van der Waals surface area contributed by atoms with Gasteiger partial charge in [-0.2, -0.15) is 16.8 Å². The Hall–Kier alpha value is -3.07. The summed E-state index contributed by atoms with van der Waals surface area (Å²) in [6.45, 7) is 3.26. The van der Waals surface area contributed by atoms with Gasteiger partial charge in [-0.1, -0.05) is 36.4 Å². The average molecular weight is 680 g/mol. The quantitative estimate of drug-likeness (QED) is 0.224. The van der Waals surface area contributed by atoms with E-state index in [2.05, 4.69) is 72.8 Å². The van der Waals surface area contributed by atoms with E-state index in [0.717, 1.165) is 0 Å². The molecule has 9 heteroatoms.